The Morgan fingerprint density at radius 3 is 2.47 bits per heavy atom. The second-order valence-electron chi connectivity index (χ2n) is 4.28. The summed E-state index contributed by atoms with van der Waals surface area (Å²) in [7, 11) is 0. The van der Waals surface area contributed by atoms with E-state index in [-0.39, 0.29) is 0 Å². The normalized spacial score (nSPS) is 12.5. The molecule has 0 atom stereocenters. The molecule has 1 nitrogen and oxygen atoms in total. The van der Waals surface area contributed by atoms with Crippen LogP contribution in [-0.2, 0) is 12.8 Å². The SMILES string of the molecule is OSCCc1ccccc1.c1ccc2c(c1)CCS2. The van der Waals surface area contributed by atoms with Crippen molar-refractivity contribution in [3.63, 3.8) is 0 Å². The number of rotatable bonds is 3. The first kappa shape index (κ1) is 14.5. The fourth-order valence-electron chi connectivity index (χ4n) is 1.93. The third-order valence-electron chi connectivity index (χ3n) is 2.93. The van der Waals surface area contributed by atoms with Crippen LogP contribution in [-0.4, -0.2) is 16.1 Å². The summed E-state index contributed by atoms with van der Waals surface area (Å²) >= 11 is 2.86. The molecule has 3 heteroatoms. The zero-order valence-corrected chi connectivity index (χ0v) is 12.4. The molecule has 1 N–H and O–H groups in total. The van der Waals surface area contributed by atoms with Crippen LogP contribution in [0.1, 0.15) is 11.1 Å². The Labute approximate surface area is 123 Å². The third-order valence-corrected chi connectivity index (χ3v) is 4.43. The molecule has 0 aliphatic carbocycles. The number of benzene rings is 2. The van der Waals surface area contributed by atoms with Gasteiger partial charge in [0.1, 0.15) is 0 Å². The molecule has 19 heavy (non-hydrogen) atoms. The van der Waals surface area contributed by atoms with E-state index in [0.29, 0.717) is 0 Å². The van der Waals surface area contributed by atoms with Gasteiger partial charge < -0.3 is 4.55 Å². The molecule has 0 bridgehead atoms. The highest BCUT2D eigenvalue weighted by molar-refractivity contribution is 7.99. The van der Waals surface area contributed by atoms with Gasteiger partial charge in [0.25, 0.3) is 0 Å². The average Bonchev–Trinajstić information content (AvgIpc) is 2.95. The van der Waals surface area contributed by atoms with E-state index in [1.54, 1.807) is 0 Å². The van der Waals surface area contributed by atoms with E-state index >= 15 is 0 Å². The van der Waals surface area contributed by atoms with Crippen LogP contribution in [0.5, 0.6) is 0 Å². The molecule has 0 spiro atoms. The van der Waals surface area contributed by atoms with Gasteiger partial charge in [0.05, 0.1) is 0 Å². The Balaban J connectivity index is 0.000000141. The van der Waals surface area contributed by atoms with Gasteiger partial charge >= 0.3 is 0 Å². The first-order valence-electron chi connectivity index (χ1n) is 6.41. The molecule has 0 unspecified atom stereocenters. The average molecular weight is 290 g/mol. The molecule has 2 aromatic rings. The Morgan fingerprint density at radius 1 is 1.00 bits per heavy atom. The van der Waals surface area contributed by atoms with Crippen molar-refractivity contribution in [1.29, 1.82) is 0 Å². The van der Waals surface area contributed by atoms with Crippen LogP contribution < -0.4 is 0 Å². The minimum atomic E-state index is 0.782. The van der Waals surface area contributed by atoms with Gasteiger partial charge in [0, 0.05) is 16.4 Å². The van der Waals surface area contributed by atoms with Crippen LogP contribution in [0.4, 0.5) is 0 Å². The van der Waals surface area contributed by atoms with E-state index < -0.39 is 0 Å². The molecular formula is C16H18OS2. The number of aryl methyl sites for hydroxylation is 2. The van der Waals surface area contributed by atoms with Crippen molar-refractivity contribution in [2.75, 3.05) is 11.5 Å². The number of fused-ring (bicyclic) bond motifs is 1. The topological polar surface area (TPSA) is 20.2 Å². The molecule has 0 radical (unpaired) electrons. The molecule has 3 rings (SSSR count). The van der Waals surface area contributed by atoms with Gasteiger partial charge in [-0.2, -0.15) is 0 Å². The number of hydrogen-bond acceptors (Lipinski definition) is 3. The van der Waals surface area contributed by atoms with Crippen LogP contribution in [0.2, 0.25) is 0 Å². The largest absolute Gasteiger partial charge is 0.330 e. The molecule has 0 aromatic heterocycles. The summed E-state index contributed by atoms with van der Waals surface area (Å²) in [4.78, 5) is 1.48. The lowest BCUT2D eigenvalue weighted by molar-refractivity contribution is 0.663. The summed E-state index contributed by atoms with van der Waals surface area (Å²) in [6.45, 7) is 0. The summed E-state index contributed by atoms with van der Waals surface area (Å²) in [5.41, 5.74) is 2.81. The first-order chi connectivity index (χ1) is 9.40. The zero-order chi connectivity index (χ0) is 13.3. The van der Waals surface area contributed by atoms with Gasteiger partial charge in [-0.25, -0.2) is 0 Å². The van der Waals surface area contributed by atoms with Crippen molar-refractivity contribution in [1.82, 2.24) is 0 Å². The maximum absolute atomic E-state index is 8.44. The van der Waals surface area contributed by atoms with Crippen LogP contribution >= 0.6 is 23.8 Å². The Hall–Kier alpha value is -0.900. The summed E-state index contributed by atoms with van der Waals surface area (Å²) in [5, 5.41) is 0. The number of hydrogen-bond donors (Lipinski definition) is 1. The molecule has 1 aliphatic rings. The quantitative estimate of drug-likeness (QED) is 0.822. The molecule has 0 amide bonds. The van der Waals surface area contributed by atoms with Crippen molar-refractivity contribution in [3.05, 3.63) is 65.7 Å². The van der Waals surface area contributed by atoms with Crippen molar-refractivity contribution >= 4 is 23.8 Å². The Bertz CT molecular complexity index is 462. The lowest BCUT2D eigenvalue weighted by Gasteiger charge is -1.95. The third kappa shape index (κ3) is 4.94. The fraction of sp³-hybridized carbons (Fsp3) is 0.250. The van der Waals surface area contributed by atoms with Crippen LogP contribution in [0, 0.1) is 0 Å². The van der Waals surface area contributed by atoms with Gasteiger partial charge in [0.15, 0.2) is 0 Å². The highest BCUT2D eigenvalue weighted by Gasteiger charge is 2.07. The fourth-order valence-corrected chi connectivity index (χ4v) is 3.33. The van der Waals surface area contributed by atoms with Gasteiger partial charge in [-0.1, -0.05) is 48.5 Å². The summed E-state index contributed by atoms with van der Waals surface area (Å²) in [6, 6.07) is 18.8. The second-order valence-corrected chi connectivity index (χ2v) is 6.08. The van der Waals surface area contributed by atoms with E-state index in [9.17, 15) is 0 Å². The highest BCUT2D eigenvalue weighted by Crippen LogP contribution is 2.30. The zero-order valence-electron chi connectivity index (χ0n) is 10.8. The predicted molar refractivity (Wildman–Crippen MR) is 86.1 cm³/mol. The van der Waals surface area contributed by atoms with Crippen LogP contribution in [0.15, 0.2) is 59.5 Å². The summed E-state index contributed by atoms with van der Waals surface area (Å²) in [5.74, 6) is 2.06. The standard InChI is InChI=1S/C8H10OS.C8H8S/c9-10-7-6-8-4-2-1-3-5-8;1-2-4-8-7(3-1)5-6-9-8/h1-5,9H,6-7H2;1-4H,5-6H2. The predicted octanol–water partition coefficient (Wildman–Crippen LogP) is 4.77. The van der Waals surface area contributed by atoms with E-state index in [1.807, 2.05) is 30.0 Å². The highest BCUT2D eigenvalue weighted by atomic mass is 32.2. The first-order valence-corrected chi connectivity index (χ1v) is 8.34. The minimum Gasteiger partial charge on any atom is -0.330 e. The molecule has 2 aromatic carbocycles. The molecule has 0 fully saturated rings. The lowest BCUT2D eigenvalue weighted by Crippen LogP contribution is -1.85. The molecule has 100 valence electrons. The van der Waals surface area contributed by atoms with Crippen molar-refractivity contribution in [2.24, 2.45) is 0 Å². The van der Waals surface area contributed by atoms with Gasteiger partial charge in [0.2, 0.25) is 0 Å². The van der Waals surface area contributed by atoms with E-state index in [0.717, 1.165) is 24.2 Å². The number of thioether (sulfide) groups is 1. The Morgan fingerprint density at radius 2 is 1.74 bits per heavy atom. The Kier molecular flexibility index (Phi) is 6.34. The van der Waals surface area contributed by atoms with E-state index in [2.05, 4.69) is 36.4 Å². The van der Waals surface area contributed by atoms with Gasteiger partial charge in [-0.3, -0.25) is 0 Å². The van der Waals surface area contributed by atoms with Crippen LogP contribution in [0.25, 0.3) is 0 Å². The summed E-state index contributed by atoms with van der Waals surface area (Å²) < 4.78 is 8.44. The lowest BCUT2D eigenvalue weighted by atomic mass is 10.2. The second kappa shape index (κ2) is 8.31. The smallest absolute Gasteiger partial charge is 0.0235 e. The maximum Gasteiger partial charge on any atom is 0.0235 e. The summed E-state index contributed by atoms with van der Waals surface area (Å²) in [6.07, 6.45) is 2.21. The van der Waals surface area contributed by atoms with Crippen LogP contribution in [0.3, 0.4) is 0 Å². The van der Waals surface area contributed by atoms with E-state index in [1.165, 1.54) is 28.2 Å². The molecule has 1 heterocycles. The monoisotopic (exact) mass is 290 g/mol. The van der Waals surface area contributed by atoms with Crippen molar-refractivity contribution < 1.29 is 4.55 Å². The van der Waals surface area contributed by atoms with Crippen molar-refractivity contribution in [2.45, 2.75) is 17.7 Å². The maximum atomic E-state index is 8.44. The minimum absolute atomic E-state index is 0.782. The molecule has 0 saturated carbocycles. The van der Waals surface area contributed by atoms with Gasteiger partial charge in [-0.05, 0) is 42.1 Å². The molecule has 1 aliphatic heterocycles. The molecular weight excluding hydrogens is 272 g/mol. The van der Waals surface area contributed by atoms with Gasteiger partial charge in [-0.15, -0.1) is 11.8 Å². The van der Waals surface area contributed by atoms with E-state index in [4.69, 9.17) is 4.55 Å². The van der Waals surface area contributed by atoms with Crippen molar-refractivity contribution in [3.8, 4) is 0 Å². The molecule has 0 saturated heterocycles.